The lowest BCUT2D eigenvalue weighted by atomic mass is 10.1. The number of rotatable bonds is 6. The van der Waals surface area contributed by atoms with Gasteiger partial charge in [0.15, 0.2) is 6.61 Å². The summed E-state index contributed by atoms with van der Waals surface area (Å²) in [7, 11) is 0. The zero-order valence-electron chi connectivity index (χ0n) is 13.8. The number of aromatic nitrogens is 1. The van der Waals surface area contributed by atoms with Crippen LogP contribution < -0.4 is 10.1 Å². The number of carbonyl (C=O) groups excluding carboxylic acids is 1. The van der Waals surface area contributed by atoms with Crippen molar-refractivity contribution in [1.82, 2.24) is 4.98 Å². The minimum absolute atomic E-state index is 0.0567. The van der Waals surface area contributed by atoms with Gasteiger partial charge in [0.2, 0.25) is 0 Å². The first kappa shape index (κ1) is 17.7. The van der Waals surface area contributed by atoms with Gasteiger partial charge in [-0.15, -0.1) is 11.8 Å². The molecule has 26 heavy (non-hydrogen) atoms. The number of para-hydroxylation sites is 1. The fourth-order valence-corrected chi connectivity index (χ4v) is 3.04. The molecule has 0 bridgehead atoms. The van der Waals surface area contributed by atoms with E-state index >= 15 is 0 Å². The summed E-state index contributed by atoms with van der Waals surface area (Å²) in [6, 6.07) is 13.5. The van der Waals surface area contributed by atoms with E-state index in [1.165, 1.54) is 30.1 Å². The van der Waals surface area contributed by atoms with Gasteiger partial charge in [0.25, 0.3) is 11.6 Å². The number of pyridine rings is 1. The number of nitro groups is 1. The van der Waals surface area contributed by atoms with Crippen LogP contribution in [0.15, 0.2) is 59.6 Å². The van der Waals surface area contributed by atoms with Gasteiger partial charge >= 0.3 is 0 Å². The molecule has 2 aromatic carbocycles. The molecule has 1 heterocycles. The molecule has 0 fully saturated rings. The Morgan fingerprint density at radius 1 is 1.23 bits per heavy atom. The average molecular weight is 369 g/mol. The molecule has 0 aliphatic rings. The van der Waals surface area contributed by atoms with E-state index in [1.807, 2.05) is 30.5 Å². The summed E-state index contributed by atoms with van der Waals surface area (Å²) in [5, 5.41) is 14.3. The van der Waals surface area contributed by atoms with Gasteiger partial charge in [0, 0.05) is 17.2 Å². The molecule has 7 nitrogen and oxygen atoms in total. The summed E-state index contributed by atoms with van der Waals surface area (Å²) in [5.41, 5.74) is 0.998. The topological polar surface area (TPSA) is 94.4 Å². The third kappa shape index (κ3) is 3.75. The first-order valence-electron chi connectivity index (χ1n) is 7.68. The van der Waals surface area contributed by atoms with Crippen LogP contribution >= 0.6 is 11.8 Å². The summed E-state index contributed by atoms with van der Waals surface area (Å²) in [4.78, 5) is 27.9. The van der Waals surface area contributed by atoms with Crippen LogP contribution in [0.1, 0.15) is 0 Å². The third-order valence-corrected chi connectivity index (χ3v) is 4.44. The van der Waals surface area contributed by atoms with Crippen LogP contribution in [0.2, 0.25) is 0 Å². The lowest BCUT2D eigenvalue weighted by molar-refractivity contribution is -0.383. The Balaban J connectivity index is 1.77. The highest BCUT2D eigenvalue weighted by atomic mass is 32.2. The summed E-state index contributed by atoms with van der Waals surface area (Å²) < 4.78 is 5.56. The van der Waals surface area contributed by atoms with Crippen molar-refractivity contribution in [3.05, 3.63) is 64.8 Å². The van der Waals surface area contributed by atoms with Gasteiger partial charge in [-0.25, -0.2) is 0 Å². The Bertz CT molecular complexity index is 978. The highest BCUT2D eigenvalue weighted by molar-refractivity contribution is 7.98. The molecule has 0 unspecified atom stereocenters. The first-order valence-corrected chi connectivity index (χ1v) is 8.90. The molecule has 1 aromatic heterocycles. The van der Waals surface area contributed by atoms with Gasteiger partial charge in [0.05, 0.1) is 16.0 Å². The Morgan fingerprint density at radius 3 is 2.81 bits per heavy atom. The number of benzene rings is 2. The number of anilines is 1. The molecule has 0 saturated heterocycles. The van der Waals surface area contributed by atoms with E-state index in [2.05, 4.69) is 10.3 Å². The molecule has 0 atom stereocenters. The molecule has 0 saturated carbocycles. The van der Waals surface area contributed by atoms with Gasteiger partial charge in [0.1, 0.15) is 11.3 Å². The molecule has 3 rings (SSSR count). The molecule has 8 heteroatoms. The Hall–Kier alpha value is -3.13. The van der Waals surface area contributed by atoms with Crippen LogP contribution in [0.25, 0.3) is 10.9 Å². The molecule has 132 valence electrons. The maximum Gasteiger partial charge on any atom is 0.279 e. The predicted molar refractivity (Wildman–Crippen MR) is 101 cm³/mol. The van der Waals surface area contributed by atoms with Crippen molar-refractivity contribution < 1.29 is 14.5 Å². The number of hydrogen-bond acceptors (Lipinski definition) is 6. The van der Waals surface area contributed by atoms with Crippen LogP contribution in [0, 0.1) is 10.1 Å². The van der Waals surface area contributed by atoms with Crippen molar-refractivity contribution in [2.45, 2.75) is 4.90 Å². The summed E-state index contributed by atoms with van der Waals surface area (Å²) in [6.07, 6.45) is 3.45. The smallest absolute Gasteiger partial charge is 0.279 e. The lowest BCUT2D eigenvalue weighted by Gasteiger charge is -2.11. The van der Waals surface area contributed by atoms with Crippen molar-refractivity contribution in [1.29, 1.82) is 0 Å². The van der Waals surface area contributed by atoms with Crippen LogP contribution in [-0.4, -0.2) is 28.7 Å². The maximum atomic E-state index is 12.2. The average Bonchev–Trinajstić information content (AvgIpc) is 2.66. The van der Waals surface area contributed by atoms with Crippen molar-refractivity contribution in [2.24, 2.45) is 0 Å². The van der Waals surface area contributed by atoms with Crippen molar-refractivity contribution in [3.63, 3.8) is 0 Å². The number of nitro benzene ring substituents is 1. The number of fused-ring (bicyclic) bond motifs is 1. The number of amides is 1. The summed E-state index contributed by atoms with van der Waals surface area (Å²) >= 11 is 1.53. The van der Waals surface area contributed by atoms with E-state index in [-0.39, 0.29) is 18.2 Å². The monoisotopic (exact) mass is 369 g/mol. The number of hydrogen-bond donors (Lipinski definition) is 1. The first-order chi connectivity index (χ1) is 12.6. The highest BCUT2D eigenvalue weighted by Crippen LogP contribution is 2.31. The van der Waals surface area contributed by atoms with Gasteiger partial charge in [-0.1, -0.05) is 12.1 Å². The number of ether oxygens (including phenoxy) is 1. The Kier molecular flexibility index (Phi) is 5.33. The van der Waals surface area contributed by atoms with E-state index in [9.17, 15) is 14.9 Å². The number of non-ortho nitro benzene ring substituents is 1. The fraction of sp³-hybridized carbons (Fsp3) is 0.111. The van der Waals surface area contributed by atoms with Crippen LogP contribution in [-0.2, 0) is 4.79 Å². The van der Waals surface area contributed by atoms with Gasteiger partial charge in [-0.2, -0.15) is 0 Å². The van der Waals surface area contributed by atoms with E-state index in [4.69, 9.17) is 4.74 Å². The van der Waals surface area contributed by atoms with Gasteiger partial charge < -0.3 is 10.1 Å². The standard InChI is InChI=1S/C18H15N3O4S/c1-26-16-7-3-2-6-13(16)20-17(22)11-25-15-9-8-14(21(23)24)12-5-4-10-19-18(12)15/h2-10H,11H2,1H3,(H,20,22). The third-order valence-electron chi connectivity index (χ3n) is 3.65. The van der Waals surface area contributed by atoms with Crippen LogP contribution in [0.4, 0.5) is 11.4 Å². The molecule has 1 N–H and O–H groups in total. The highest BCUT2D eigenvalue weighted by Gasteiger charge is 2.16. The Labute approximate surface area is 153 Å². The molecule has 0 aliphatic carbocycles. The second-order valence-corrected chi connectivity index (χ2v) is 6.12. The minimum atomic E-state index is -0.472. The van der Waals surface area contributed by atoms with Crippen molar-refractivity contribution >= 4 is 39.9 Å². The van der Waals surface area contributed by atoms with Crippen LogP contribution in [0.5, 0.6) is 5.75 Å². The van der Waals surface area contributed by atoms with Crippen LogP contribution in [0.3, 0.4) is 0 Å². The second kappa shape index (κ2) is 7.83. The molecular formula is C18H15N3O4S. The maximum absolute atomic E-state index is 12.2. The fourth-order valence-electron chi connectivity index (χ4n) is 2.48. The zero-order chi connectivity index (χ0) is 18.5. The van der Waals surface area contributed by atoms with E-state index in [0.717, 1.165) is 4.90 Å². The summed E-state index contributed by atoms with van der Waals surface area (Å²) in [6.45, 7) is -0.230. The zero-order valence-corrected chi connectivity index (χ0v) is 14.7. The van der Waals surface area contributed by atoms with Crippen molar-refractivity contribution in [2.75, 3.05) is 18.2 Å². The Morgan fingerprint density at radius 2 is 2.04 bits per heavy atom. The normalized spacial score (nSPS) is 10.5. The molecule has 0 spiro atoms. The number of carbonyl (C=O) groups is 1. The number of nitrogens with one attached hydrogen (secondary N) is 1. The SMILES string of the molecule is CSc1ccccc1NC(=O)COc1ccc([N+](=O)[O-])c2cccnc12. The lowest BCUT2D eigenvalue weighted by Crippen LogP contribution is -2.20. The molecular weight excluding hydrogens is 354 g/mol. The largest absolute Gasteiger partial charge is 0.481 e. The van der Waals surface area contributed by atoms with Crippen molar-refractivity contribution in [3.8, 4) is 5.75 Å². The minimum Gasteiger partial charge on any atom is -0.481 e. The van der Waals surface area contributed by atoms with E-state index in [1.54, 1.807) is 12.1 Å². The van der Waals surface area contributed by atoms with Gasteiger partial charge in [-0.3, -0.25) is 19.9 Å². The molecule has 3 aromatic rings. The number of thioether (sulfide) groups is 1. The van der Waals surface area contributed by atoms with E-state index < -0.39 is 4.92 Å². The molecule has 0 radical (unpaired) electrons. The molecule has 1 amide bonds. The predicted octanol–water partition coefficient (Wildman–Crippen LogP) is 3.88. The quantitative estimate of drug-likeness (QED) is 0.402. The van der Waals surface area contributed by atoms with E-state index in [0.29, 0.717) is 22.3 Å². The van der Waals surface area contributed by atoms with Gasteiger partial charge in [-0.05, 0) is 36.6 Å². The number of nitrogens with zero attached hydrogens (tertiary/aromatic N) is 2. The molecule has 0 aliphatic heterocycles. The second-order valence-electron chi connectivity index (χ2n) is 5.28. The summed E-state index contributed by atoms with van der Waals surface area (Å²) in [5.74, 6) is -0.00608.